The number of carbonyl (C=O) groups is 2. The molecule has 0 saturated carbocycles. The number of likely N-dealkylation sites (tertiary alicyclic amines) is 1. The number of aromatic hydroxyl groups is 1. The molecule has 7 nitrogen and oxygen atoms in total. The van der Waals surface area contributed by atoms with Gasteiger partial charge in [0.2, 0.25) is 0 Å². The second kappa shape index (κ2) is 13.1. The van der Waals surface area contributed by atoms with Gasteiger partial charge in [-0.15, -0.1) is 0 Å². The van der Waals surface area contributed by atoms with Gasteiger partial charge in [0.1, 0.15) is 5.76 Å². The predicted octanol–water partition coefficient (Wildman–Crippen LogP) is 5.11. The third-order valence-electron chi connectivity index (χ3n) is 6.64. The van der Waals surface area contributed by atoms with Gasteiger partial charge >= 0.3 is 0 Å². The summed E-state index contributed by atoms with van der Waals surface area (Å²) in [5.41, 5.74) is 1.11. The van der Waals surface area contributed by atoms with Crippen molar-refractivity contribution in [2.75, 3.05) is 33.3 Å². The van der Waals surface area contributed by atoms with Crippen molar-refractivity contribution in [3.05, 3.63) is 65.2 Å². The van der Waals surface area contributed by atoms with Crippen molar-refractivity contribution in [3.63, 3.8) is 0 Å². The van der Waals surface area contributed by atoms with Crippen molar-refractivity contribution >= 4 is 17.4 Å². The minimum Gasteiger partial charge on any atom is -0.507 e. The van der Waals surface area contributed by atoms with Crippen LogP contribution in [-0.4, -0.2) is 65.0 Å². The maximum Gasteiger partial charge on any atom is 0.295 e. The second-order valence-corrected chi connectivity index (χ2v) is 9.19. The van der Waals surface area contributed by atoms with Crippen LogP contribution in [0.2, 0.25) is 0 Å². The van der Waals surface area contributed by atoms with Gasteiger partial charge in [0.15, 0.2) is 11.5 Å². The van der Waals surface area contributed by atoms with Crippen LogP contribution in [0.25, 0.3) is 5.76 Å². The number of benzene rings is 2. The first-order valence-corrected chi connectivity index (χ1v) is 12.9. The highest BCUT2D eigenvalue weighted by molar-refractivity contribution is 6.46. The van der Waals surface area contributed by atoms with E-state index in [4.69, 9.17) is 4.74 Å². The van der Waals surface area contributed by atoms with Crippen LogP contribution in [0.3, 0.4) is 0 Å². The van der Waals surface area contributed by atoms with E-state index in [0.29, 0.717) is 24.1 Å². The minimum absolute atomic E-state index is 0.0382. The van der Waals surface area contributed by atoms with Gasteiger partial charge in [-0.1, -0.05) is 63.1 Å². The van der Waals surface area contributed by atoms with Gasteiger partial charge < -0.3 is 24.7 Å². The molecule has 0 aliphatic carbocycles. The zero-order chi connectivity index (χ0) is 26.1. The first kappa shape index (κ1) is 27.3. The Bertz CT molecular complexity index is 1060. The third-order valence-corrected chi connectivity index (χ3v) is 6.64. The Morgan fingerprint density at radius 1 is 0.972 bits per heavy atom. The zero-order valence-corrected chi connectivity index (χ0v) is 21.6. The summed E-state index contributed by atoms with van der Waals surface area (Å²) in [6.07, 6.45) is 5.20. The van der Waals surface area contributed by atoms with Crippen molar-refractivity contribution in [2.24, 2.45) is 0 Å². The molecule has 1 aliphatic heterocycles. The monoisotopic (exact) mass is 494 g/mol. The number of phenolic OH excluding ortho intramolecular Hbond substituents is 1. The Kier molecular flexibility index (Phi) is 9.94. The lowest BCUT2D eigenvalue weighted by Crippen LogP contribution is -2.34. The Balaban J connectivity index is 1.95. The summed E-state index contributed by atoms with van der Waals surface area (Å²) in [4.78, 5) is 30.4. The molecule has 3 rings (SSSR count). The number of ether oxygens (including phenoxy) is 1. The lowest BCUT2D eigenvalue weighted by molar-refractivity contribution is -0.140. The number of unbranched alkanes of at least 4 members (excludes halogenated alkanes) is 2. The van der Waals surface area contributed by atoms with E-state index in [1.807, 2.05) is 6.07 Å². The summed E-state index contributed by atoms with van der Waals surface area (Å²) in [7, 11) is 1.45. The molecule has 1 atom stereocenters. The van der Waals surface area contributed by atoms with E-state index in [1.54, 1.807) is 41.3 Å². The van der Waals surface area contributed by atoms with Gasteiger partial charge in [-0.25, -0.2) is 0 Å². The first-order chi connectivity index (χ1) is 17.4. The SMILES string of the molecule is CCCCN(CCCC)CCCN1C(=O)C(=O)C(=C(O)c2ccccc2)[C@H]1c1ccc(O)c(OC)c1. The van der Waals surface area contributed by atoms with E-state index in [2.05, 4.69) is 18.7 Å². The van der Waals surface area contributed by atoms with Crippen molar-refractivity contribution in [1.29, 1.82) is 0 Å². The Hall–Kier alpha value is -3.32. The van der Waals surface area contributed by atoms with E-state index in [1.165, 1.54) is 13.2 Å². The van der Waals surface area contributed by atoms with Gasteiger partial charge in [-0.05, 0) is 56.6 Å². The molecule has 0 radical (unpaired) electrons. The number of methoxy groups -OCH3 is 1. The molecule has 0 bridgehead atoms. The van der Waals surface area contributed by atoms with Crippen molar-refractivity contribution < 1.29 is 24.5 Å². The normalized spacial score (nSPS) is 17.2. The number of ketones is 1. The van der Waals surface area contributed by atoms with Crippen LogP contribution in [0, 0.1) is 0 Å². The number of aliphatic hydroxyl groups is 1. The number of hydrogen-bond acceptors (Lipinski definition) is 6. The van der Waals surface area contributed by atoms with Crippen molar-refractivity contribution in [2.45, 2.75) is 52.0 Å². The molecule has 2 N–H and O–H groups in total. The minimum atomic E-state index is -0.778. The predicted molar refractivity (Wildman–Crippen MR) is 141 cm³/mol. The van der Waals surface area contributed by atoms with Gasteiger partial charge in [-0.3, -0.25) is 9.59 Å². The van der Waals surface area contributed by atoms with E-state index in [9.17, 15) is 19.8 Å². The second-order valence-electron chi connectivity index (χ2n) is 9.19. The topological polar surface area (TPSA) is 90.3 Å². The molecule has 0 aromatic heterocycles. The first-order valence-electron chi connectivity index (χ1n) is 12.9. The van der Waals surface area contributed by atoms with Crippen LogP contribution in [0.4, 0.5) is 0 Å². The quantitative estimate of drug-likeness (QED) is 0.228. The molecule has 2 aromatic carbocycles. The highest BCUT2D eigenvalue weighted by Crippen LogP contribution is 2.41. The fourth-order valence-electron chi connectivity index (χ4n) is 4.64. The maximum atomic E-state index is 13.2. The van der Waals surface area contributed by atoms with Crippen molar-refractivity contribution in [3.8, 4) is 11.5 Å². The highest BCUT2D eigenvalue weighted by atomic mass is 16.5. The number of amides is 1. The molecular weight excluding hydrogens is 456 g/mol. The number of carbonyl (C=O) groups excluding carboxylic acids is 2. The van der Waals surface area contributed by atoms with Gasteiger partial charge in [0.05, 0.1) is 18.7 Å². The van der Waals surface area contributed by atoms with E-state index < -0.39 is 17.7 Å². The molecule has 36 heavy (non-hydrogen) atoms. The lowest BCUT2D eigenvalue weighted by atomic mass is 9.95. The number of Topliss-reactive ketones (excluding diaryl/α,β-unsaturated/α-hetero) is 1. The maximum absolute atomic E-state index is 13.2. The largest absolute Gasteiger partial charge is 0.507 e. The van der Waals surface area contributed by atoms with Crippen LogP contribution < -0.4 is 4.74 Å². The molecule has 7 heteroatoms. The molecule has 0 spiro atoms. The summed E-state index contributed by atoms with van der Waals surface area (Å²) in [6, 6.07) is 12.7. The number of phenols is 1. The fraction of sp³-hybridized carbons (Fsp3) is 0.448. The average molecular weight is 495 g/mol. The summed E-state index contributed by atoms with van der Waals surface area (Å²) in [5, 5.41) is 21.2. The molecule has 2 aromatic rings. The third kappa shape index (κ3) is 6.26. The molecule has 1 amide bonds. The van der Waals surface area contributed by atoms with Gasteiger partial charge in [0.25, 0.3) is 11.7 Å². The summed E-state index contributed by atoms with van der Waals surface area (Å²) < 4.78 is 5.28. The van der Waals surface area contributed by atoms with Crippen molar-refractivity contribution in [1.82, 2.24) is 9.80 Å². The number of aliphatic hydroxyl groups excluding tert-OH is 1. The highest BCUT2D eigenvalue weighted by Gasteiger charge is 2.46. The number of nitrogens with zero attached hydrogens (tertiary/aromatic N) is 2. The Morgan fingerprint density at radius 3 is 2.22 bits per heavy atom. The van der Waals surface area contributed by atoms with E-state index in [0.717, 1.165) is 45.3 Å². The van der Waals surface area contributed by atoms with Gasteiger partial charge in [0, 0.05) is 12.1 Å². The molecule has 1 aliphatic rings. The Labute approximate surface area is 214 Å². The molecule has 194 valence electrons. The van der Waals surface area contributed by atoms with E-state index >= 15 is 0 Å². The molecular formula is C29H38N2O5. The smallest absolute Gasteiger partial charge is 0.295 e. The van der Waals surface area contributed by atoms with Crippen LogP contribution >= 0.6 is 0 Å². The van der Waals surface area contributed by atoms with Crippen LogP contribution in [0.5, 0.6) is 11.5 Å². The van der Waals surface area contributed by atoms with Crippen LogP contribution in [0.15, 0.2) is 54.1 Å². The zero-order valence-electron chi connectivity index (χ0n) is 21.6. The van der Waals surface area contributed by atoms with Crippen LogP contribution in [-0.2, 0) is 9.59 Å². The van der Waals surface area contributed by atoms with E-state index in [-0.39, 0.29) is 22.8 Å². The number of rotatable bonds is 13. The summed E-state index contributed by atoms with van der Waals surface area (Å²) >= 11 is 0. The Morgan fingerprint density at radius 2 is 1.61 bits per heavy atom. The van der Waals surface area contributed by atoms with Gasteiger partial charge in [-0.2, -0.15) is 0 Å². The molecule has 0 unspecified atom stereocenters. The summed E-state index contributed by atoms with van der Waals surface area (Å²) in [6.45, 7) is 7.59. The number of hydrogen-bond donors (Lipinski definition) is 2. The van der Waals surface area contributed by atoms with Crippen LogP contribution in [0.1, 0.15) is 63.1 Å². The lowest BCUT2D eigenvalue weighted by Gasteiger charge is -2.27. The average Bonchev–Trinajstić information content (AvgIpc) is 3.15. The summed E-state index contributed by atoms with van der Waals surface area (Å²) in [5.74, 6) is -1.34. The standard InChI is InChI=1S/C29H38N2O5/c1-4-6-16-30(17-7-5-2)18-11-19-31-26(22-14-15-23(32)24(20-22)36-3)25(28(34)29(31)35)27(33)21-12-9-8-10-13-21/h8-10,12-15,20,26,32-33H,4-7,11,16-19H2,1-3H3/t26-/m1/s1. The molecule has 1 saturated heterocycles. The molecule has 1 heterocycles. The molecule has 1 fully saturated rings. The fourth-order valence-corrected chi connectivity index (χ4v) is 4.64.